The lowest BCUT2D eigenvalue weighted by Gasteiger charge is -2.10. The highest BCUT2D eigenvalue weighted by atomic mass is 35.5. The van der Waals surface area contributed by atoms with Crippen molar-refractivity contribution in [2.45, 2.75) is 13.3 Å². The van der Waals surface area contributed by atoms with Gasteiger partial charge in [0, 0.05) is 29.0 Å². The summed E-state index contributed by atoms with van der Waals surface area (Å²) < 4.78 is 0. The summed E-state index contributed by atoms with van der Waals surface area (Å²) in [6, 6.07) is 19.1. The maximum Gasteiger partial charge on any atom is 0.255 e. The first-order valence-corrected chi connectivity index (χ1v) is 8.81. The maximum atomic E-state index is 12.5. The van der Waals surface area contributed by atoms with E-state index in [-0.39, 0.29) is 5.91 Å². The number of hydrogen-bond acceptors (Lipinski definition) is 3. The zero-order valence-corrected chi connectivity index (χ0v) is 15.3. The number of benzene rings is 2. The molecule has 0 aliphatic heterocycles. The van der Waals surface area contributed by atoms with Gasteiger partial charge in [-0.25, -0.2) is 4.98 Å². The Morgan fingerprint density at radius 3 is 2.69 bits per heavy atom. The van der Waals surface area contributed by atoms with E-state index in [1.807, 2.05) is 31.2 Å². The average Bonchev–Trinajstić information content (AvgIpc) is 2.66. The number of carbonyl (C=O) groups is 1. The fraction of sp³-hybridized carbons (Fsp3) is 0.143. The van der Waals surface area contributed by atoms with E-state index < -0.39 is 0 Å². The molecule has 0 bridgehead atoms. The zero-order chi connectivity index (χ0) is 18.4. The summed E-state index contributed by atoms with van der Waals surface area (Å²) in [5.74, 6) is 0.486. The summed E-state index contributed by atoms with van der Waals surface area (Å²) in [7, 11) is 0. The van der Waals surface area contributed by atoms with Crippen molar-refractivity contribution in [1.29, 1.82) is 0 Å². The summed E-state index contributed by atoms with van der Waals surface area (Å²) in [6.45, 7) is 2.67. The van der Waals surface area contributed by atoms with Crippen LogP contribution in [-0.4, -0.2) is 17.4 Å². The van der Waals surface area contributed by atoms with Crippen LogP contribution in [0.1, 0.15) is 21.5 Å². The van der Waals surface area contributed by atoms with Gasteiger partial charge in [-0.1, -0.05) is 48.0 Å². The number of hydrogen-bond donors (Lipinski definition) is 2. The predicted octanol–water partition coefficient (Wildman–Crippen LogP) is 4.95. The SMILES string of the molecule is Cc1ccc(Cl)cc1NC(=O)c1ccnc(NCCc2ccccc2)c1. The van der Waals surface area contributed by atoms with E-state index >= 15 is 0 Å². The van der Waals surface area contributed by atoms with Crippen molar-refractivity contribution >= 4 is 29.0 Å². The molecule has 1 aromatic heterocycles. The second kappa shape index (κ2) is 8.50. The minimum atomic E-state index is -0.191. The monoisotopic (exact) mass is 365 g/mol. The van der Waals surface area contributed by atoms with Gasteiger partial charge in [0.05, 0.1) is 0 Å². The summed E-state index contributed by atoms with van der Waals surface area (Å²) in [5.41, 5.74) is 3.46. The number of nitrogens with one attached hydrogen (secondary N) is 2. The minimum Gasteiger partial charge on any atom is -0.370 e. The zero-order valence-electron chi connectivity index (χ0n) is 14.5. The van der Waals surface area contributed by atoms with Crippen LogP contribution in [0, 0.1) is 6.92 Å². The van der Waals surface area contributed by atoms with Gasteiger partial charge < -0.3 is 10.6 Å². The maximum absolute atomic E-state index is 12.5. The molecule has 0 fully saturated rings. The lowest BCUT2D eigenvalue weighted by atomic mass is 10.1. The van der Waals surface area contributed by atoms with E-state index in [2.05, 4.69) is 27.8 Å². The van der Waals surface area contributed by atoms with Crippen LogP contribution in [0.5, 0.6) is 0 Å². The van der Waals surface area contributed by atoms with Gasteiger partial charge in [-0.05, 0) is 48.7 Å². The molecule has 2 N–H and O–H groups in total. The fourth-order valence-corrected chi connectivity index (χ4v) is 2.74. The number of amides is 1. The van der Waals surface area contributed by atoms with Crippen molar-refractivity contribution in [1.82, 2.24) is 4.98 Å². The number of carbonyl (C=O) groups excluding carboxylic acids is 1. The summed E-state index contributed by atoms with van der Waals surface area (Å²) >= 11 is 6.01. The Kier molecular flexibility index (Phi) is 5.87. The number of nitrogens with zero attached hydrogens (tertiary/aromatic N) is 1. The van der Waals surface area contributed by atoms with Crippen LogP contribution in [0.4, 0.5) is 11.5 Å². The van der Waals surface area contributed by atoms with Crippen LogP contribution in [0.25, 0.3) is 0 Å². The third-order valence-electron chi connectivity index (χ3n) is 4.03. The Bertz CT molecular complexity index is 897. The van der Waals surface area contributed by atoms with E-state index in [0.29, 0.717) is 22.1 Å². The molecule has 2 aromatic carbocycles. The predicted molar refractivity (Wildman–Crippen MR) is 107 cm³/mol. The van der Waals surface area contributed by atoms with Crippen molar-refractivity contribution in [2.24, 2.45) is 0 Å². The Morgan fingerprint density at radius 1 is 1.08 bits per heavy atom. The third-order valence-corrected chi connectivity index (χ3v) is 4.27. The molecule has 3 rings (SSSR count). The van der Waals surface area contributed by atoms with Crippen LogP contribution >= 0.6 is 11.6 Å². The molecular formula is C21H20ClN3O. The first-order valence-electron chi connectivity index (χ1n) is 8.43. The standard InChI is InChI=1S/C21H20ClN3O/c1-15-7-8-18(22)14-19(15)25-21(26)17-10-12-24-20(13-17)23-11-9-16-5-3-2-4-6-16/h2-8,10,12-14H,9,11H2,1H3,(H,23,24)(H,25,26). The second-order valence-electron chi connectivity index (χ2n) is 6.01. The molecule has 0 unspecified atom stereocenters. The van der Waals surface area contributed by atoms with Crippen molar-refractivity contribution in [3.63, 3.8) is 0 Å². The molecule has 1 amide bonds. The lowest BCUT2D eigenvalue weighted by Crippen LogP contribution is -2.14. The van der Waals surface area contributed by atoms with Gasteiger partial charge in [-0.2, -0.15) is 0 Å². The van der Waals surface area contributed by atoms with E-state index in [1.165, 1.54) is 5.56 Å². The Balaban J connectivity index is 1.62. The van der Waals surface area contributed by atoms with E-state index in [4.69, 9.17) is 11.6 Å². The van der Waals surface area contributed by atoms with Gasteiger partial charge >= 0.3 is 0 Å². The van der Waals surface area contributed by atoms with Crippen molar-refractivity contribution in [3.05, 3.63) is 88.6 Å². The van der Waals surface area contributed by atoms with Crippen LogP contribution in [0.15, 0.2) is 66.9 Å². The van der Waals surface area contributed by atoms with Gasteiger partial charge in [0.15, 0.2) is 0 Å². The highest BCUT2D eigenvalue weighted by Gasteiger charge is 2.09. The molecule has 0 saturated heterocycles. The molecule has 5 heteroatoms. The van der Waals surface area contributed by atoms with Crippen molar-refractivity contribution in [2.75, 3.05) is 17.2 Å². The third kappa shape index (κ3) is 4.83. The number of halogens is 1. The molecule has 132 valence electrons. The van der Waals surface area contributed by atoms with Crippen LogP contribution < -0.4 is 10.6 Å². The first kappa shape index (κ1) is 18.0. The van der Waals surface area contributed by atoms with Gasteiger partial charge in [-0.15, -0.1) is 0 Å². The molecular weight excluding hydrogens is 346 g/mol. The molecule has 0 saturated carbocycles. The van der Waals surface area contributed by atoms with E-state index in [0.717, 1.165) is 18.5 Å². The van der Waals surface area contributed by atoms with Gasteiger partial charge in [0.2, 0.25) is 0 Å². The van der Waals surface area contributed by atoms with Crippen LogP contribution in [0.3, 0.4) is 0 Å². The normalized spacial score (nSPS) is 10.4. The van der Waals surface area contributed by atoms with Gasteiger partial charge in [0.1, 0.15) is 5.82 Å². The van der Waals surface area contributed by atoms with Crippen molar-refractivity contribution < 1.29 is 4.79 Å². The van der Waals surface area contributed by atoms with Gasteiger partial charge in [0.25, 0.3) is 5.91 Å². The average molecular weight is 366 g/mol. The molecule has 0 radical (unpaired) electrons. The van der Waals surface area contributed by atoms with Crippen LogP contribution in [0.2, 0.25) is 5.02 Å². The van der Waals surface area contributed by atoms with Crippen LogP contribution in [-0.2, 0) is 6.42 Å². The highest BCUT2D eigenvalue weighted by molar-refractivity contribution is 6.31. The smallest absolute Gasteiger partial charge is 0.255 e. The molecule has 0 atom stereocenters. The molecule has 0 spiro atoms. The lowest BCUT2D eigenvalue weighted by molar-refractivity contribution is 0.102. The summed E-state index contributed by atoms with van der Waals surface area (Å²) in [4.78, 5) is 16.8. The van der Waals surface area contributed by atoms with Crippen molar-refractivity contribution in [3.8, 4) is 0 Å². The molecule has 1 heterocycles. The number of anilines is 2. The fourth-order valence-electron chi connectivity index (χ4n) is 2.57. The van der Waals surface area contributed by atoms with E-state index in [1.54, 1.807) is 30.5 Å². The molecule has 0 aliphatic rings. The second-order valence-corrected chi connectivity index (χ2v) is 6.44. The molecule has 3 aromatic rings. The highest BCUT2D eigenvalue weighted by Crippen LogP contribution is 2.21. The summed E-state index contributed by atoms with van der Waals surface area (Å²) in [5, 5.41) is 6.75. The Labute approximate surface area is 158 Å². The number of aryl methyl sites for hydroxylation is 1. The molecule has 26 heavy (non-hydrogen) atoms. The summed E-state index contributed by atoms with van der Waals surface area (Å²) in [6.07, 6.45) is 2.52. The largest absolute Gasteiger partial charge is 0.370 e. The number of rotatable bonds is 6. The quantitative estimate of drug-likeness (QED) is 0.649. The number of pyridine rings is 1. The first-order chi connectivity index (χ1) is 12.6. The minimum absolute atomic E-state index is 0.191. The Morgan fingerprint density at radius 2 is 1.88 bits per heavy atom. The molecule has 0 aliphatic carbocycles. The van der Waals surface area contributed by atoms with Gasteiger partial charge in [-0.3, -0.25) is 4.79 Å². The molecule has 4 nitrogen and oxygen atoms in total. The Hall–Kier alpha value is -2.85. The van der Waals surface area contributed by atoms with E-state index in [9.17, 15) is 4.79 Å². The number of aromatic nitrogens is 1. The topological polar surface area (TPSA) is 54.0 Å².